The van der Waals surface area contributed by atoms with Gasteiger partial charge in [0.2, 0.25) is 11.8 Å². The van der Waals surface area contributed by atoms with Gasteiger partial charge in [-0.25, -0.2) is 0 Å². The van der Waals surface area contributed by atoms with Crippen LogP contribution in [0, 0.1) is 11.3 Å². The number of carbonyl (C=O) groups is 2. The summed E-state index contributed by atoms with van der Waals surface area (Å²) in [4.78, 5) is 26.3. The molecule has 0 aromatic heterocycles. The summed E-state index contributed by atoms with van der Waals surface area (Å²) in [6.07, 6.45) is 4.59. The molecule has 1 saturated carbocycles. The number of rotatable bonds is 5. The molecular formula is C22H31N3O3. The third-order valence-electron chi connectivity index (χ3n) is 6.80. The second kappa shape index (κ2) is 8.21. The van der Waals surface area contributed by atoms with E-state index in [-0.39, 0.29) is 23.1 Å². The van der Waals surface area contributed by atoms with Gasteiger partial charge < -0.3 is 15.7 Å². The summed E-state index contributed by atoms with van der Waals surface area (Å²) >= 11 is 0. The molecule has 152 valence electrons. The Kier molecular flexibility index (Phi) is 5.69. The standard InChI is InChI=1S/C22H31N3O3/c26-19(14-25-10-7-16-3-1-2-4-18(16)13-25)12-23-21(28)17-5-8-22(9-6-17)11-20(27)24-15-22/h1-4,17,19,26H,5-15H2,(H,23,28)(H,24,27)/t17?,19-,22?/m1/s1. The summed E-state index contributed by atoms with van der Waals surface area (Å²) < 4.78 is 0. The Morgan fingerprint density at radius 2 is 2.04 bits per heavy atom. The minimum atomic E-state index is -0.555. The van der Waals surface area contributed by atoms with Crippen molar-refractivity contribution < 1.29 is 14.7 Å². The molecule has 6 nitrogen and oxygen atoms in total. The van der Waals surface area contributed by atoms with Crippen molar-refractivity contribution in [2.24, 2.45) is 11.3 Å². The zero-order valence-corrected chi connectivity index (χ0v) is 16.5. The van der Waals surface area contributed by atoms with E-state index in [2.05, 4.69) is 39.8 Å². The van der Waals surface area contributed by atoms with Crippen LogP contribution in [0.1, 0.15) is 43.2 Å². The predicted molar refractivity (Wildman–Crippen MR) is 106 cm³/mol. The van der Waals surface area contributed by atoms with Crippen molar-refractivity contribution in [2.45, 2.75) is 51.2 Å². The Morgan fingerprint density at radius 1 is 1.29 bits per heavy atom. The van der Waals surface area contributed by atoms with Crippen molar-refractivity contribution in [3.63, 3.8) is 0 Å². The second-order valence-electron chi connectivity index (χ2n) is 8.88. The number of aliphatic hydroxyl groups excluding tert-OH is 1. The molecule has 1 aromatic carbocycles. The summed E-state index contributed by atoms with van der Waals surface area (Å²) in [5.41, 5.74) is 2.81. The van der Waals surface area contributed by atoms with Crippen LogP contribution in [0.3, 0.4) is 0 Å². The number of benzene rings is 1. The van der Waals surface area contributed by atoms with Gasteiger partial charge in [-0.2, -0.15) is 0 Å². The molecule has 1 aliphatic carbocycles. The second-order valence-corrected chi connectivity index (χ2v) is 8.88. The third kappa shape index (κ3) is 4.39. The van der Waals surface area contributed by atoms with Crippen molar-refractivity contribution in [2.75, 3.05) is 26.2 Å². The molecule has 1 atom stereocenters. The highest BCUT2D eigenvalue weighted by atomic mass is 16.3. The van der Waals surface area contributed by atoms with E-state index in [0.717, 1.165) is 51.7 Å². The van der Waals surface area contributed by atoms with Gasteiger partial charge in [0.1, 0.15) is 0 Å². The van der Waals surface area contributed by atoms with Crippen LogP contribution in [0.15, 0.2) is 24.3 Å². The quantitative estimate of drug-likeness (QED) is 0.712. The average Bonchev–Trinajstić information content (AvgIpc) is 3.06. The van der Waals surface area contributed by atoms with Crippen LogP contribution in [0.4, 0.5) is 0 Å². The summed E-state index contributed by atoms with van der Waals surface area (Å²) in [6.45, 7) is 3.45. The lowest BCUT2D eigenvalue weighted by molar-refractivity contribution is -0.127. The van der Waals surface area contributed by atoms with Gasteiger partial charge in [-0.15, -0.1) is 0 Å². The number of nitrogens with one attached hydrogen (secondary N) is 2. The molecular weight excluding hydrogens is 354 g/mol. The zero-order valence-electron chi connectivity index (χ0n) is 16.5. The molecule has 2 aliphatic heterocycles. The van der Waals surface area contributed by atoms with Gasteiger partial charge in [0.25, 0.3) is 0 Å². The Morgan fingerprint density at radius 3 is 2.75 bits per heavy atom. The SMILES string of the molecule is O=C1CC2(CCC(C(=O)NC[C@@H](O)CN3CCc4ccccc4C3)CC2)CN1. The number of aliphatic hydroxyl groups is 1. The van der Waals surface area contributed by atoms with Crippen LogP contribution < -0.4 is 10.6 Å². The third-order valence-corrected chi connectivity index (χ3v) is 6.80. The van der Waals surface area contributed by atoms with Gasteiger partial charge in [0.05, 0.1) is 6.10 Å². The first-order valence-electron chi connectivity index (χ1n) is 10.5. The number of amides is 2. The summed E-state index contributed by atoms with van der Waals surface area (Å²) in [6, 6.07) is 8.46. The fraction of sp³-hybridized carbons (Fsp3) is 0.636. The maximum atomic E-state index is 12.5. The van der Waals surface area contributed by atoms with E-state index in [9.17, 15) is 14.7 Å². The van der Waals surface area contributed by atoms with E-state index in [1.54, 1.807) is 0 Å². The Labute approximate surface area is 166 Å². The normalized spacial score (nSPS) is 28.6. The van der Waals surface area contributed by atoms with Crippen LogP contribution in [0.5, 0.6) is 0 Å². The zero-order chi connectivity index (χ0) is 19.6. The molecule has 2 amide bonds. The largest absolute Gasteiger partial charge is 0.390 e. The molecule has 1 aromatic rings. The fourth-order valence-corrected chi connectivity index (χ4v) is 5.03. The monoisotopic (exact) mass is 385 g/mol. The molecule has 3 N–H and O–H groups in total. The van der Waals surface area contributed by atoms with Crippen LogP contribution in [-0.2, 0) is 22.6 Å². The van der Waals surface area contributed by atoms with Crippen LogP contribution in [0.25, 0.3) is 0 Å². The summed E-state index contributed by atoms with van der Waals surface area (Å²) in [7, 11) is 0. The minimum Gasteiger partial charge on any atom is -0.390 e. The Bertz CT molecular complexity index is 727. The number of hydrogen-bond acceptors (Lipinski definition) is 4. The number of fused-ring (bicyclic) bond motifs is 1. The first-order chi connectivity index (χ1) is 13.5. The van der Waals surface area contributed by atoms with Gasteiger partial charge in [-0.05, 0) is 48.6 Å². The number of nitrogens with zero attached hydrogens (tertiary/aromatic N) is 1. The van der Waals surface area contributed by atoms with Gasteiger partial charge in [0.15, 0.2) is 0 Å². The van der Waals surface area contributed by atoms with Crippen LogP contribution in [0.2, 0.25) is 0 Å². The first kappa shape index (κ1) is 19.4. The van der Waals surface area contributed by atoms with E-state index in [4.69, 9.17) is 0 Å². The highest BCUT2D eigenvalue weighted by molar-refractivity contribution is 5.80. The Balaban J connectivity index is 1.19. The summed E-state index contributed by atoms with van der Waals surface area (Å²) in [5, 5.41) is 16.3. The average molecular weight is 386 g/mol. The number of carbonyl (C=O) groups excluding carboxylic acids is 2. The van der Waals surface area contributed by atoms with E-state index < -0.39 is 6.10 Å². The van der Waals surface area contributed by atoms with Crippen LogP contribution in [-0.4, -0.2) is 54.1 Å². The van der Waals surface area contributed by atoms with Crippen molar-refractivity contribution in [3.8, 4) is 0 Å². The lowest BCUT2D eigenvalue weighted by atomic mass is 9.69. The number of hydrogen-bond donors (Lipinski definition) is 3. The van der Waals surface area contributed by atoms with Crippen molar-refractivity contribution in [1.82, 2.24) is 15.5 Å². The van der Waals surface area contributed by atoms with Crippen molar-refractivity contribution >= 4 is 11.8 Å². The lowest BCUT2D eigenvalue weighted by Gasteiger charge is -2.35. The maximum Gasteiger partial charge on any atom is 0.223 e. The van der Waals surface area contributed by atoms with E-state index in [1.807, 2.05) is 0 Å². The highest BCUT2D eigenvalue weighted by Crippen LogP contribution is 2.43. The molecule has 2 heterocycles. The van der Waals surface area contributed by atoms with E-state index >= 15 is 0 Å². The van der Waals surface area contributed by atoms with Gasteiger partial charge in [-0.3, -0.25) is 14.5 Å². The number of β-amino-alcohol motifs (C(OH)–C–C–N with tert-alkyl or cyclic N) is 1. The lowest BCUT2D eigenvalue weighted by Crippen LogP contribution is -2.44. The molecule has 0 bridgehead atoms. The molecule has 28 heavy (non-hydrogen) atoms. The van der Waals surface area contributed by atoms with Gasteiger partial charge in [-0.1, -0.05) is 24.3 Å². The highest BCUT2D eigenvalue weighted by Gasteiger charge is 2.42. The van der Waals surface area contributed by atoms with Gasteiger partial charge in [0, 0.05) is 45.1 Å². The topological polar surface area (TPSA) is 81.7 Å². The summed E-state index contributed by atoms with van der Waals surface area (Å²) in [5.74, 6) is 0.205. The fourth-order valence-electron chi connectivity index (χ4n) is 5.03. The predicted octanol–water partition coefficient (Wildman–Crippen LogP) is 1.22. The first-order valence-corrected chi connectivity index (χ1v) is 10.5. The molecule has 6 heteroatoms. The molecule has 0 radical (unpaired) electrons. The van der Waals surface area contributed by atoms with Crippen molar-refractivity contribution in [3.05, 3.63) is 35.4 Å². The smallest absolute Gasteiger partial charge is 0.223 e. The van der Waals surface area contributed by atoms with E-state index in [0.29, 0.717) is 19.5 Å². The van der Waals surface area contributed by atoms with Crippen molar-refractivity contribution in [1.29, 1.82) is 0 Å². The Hall–Kier alpha value is -1.92. The van der Waals surface area contributed by atoms with E-state index in [1.165, 1.54) is 11.1 Å². The molecule has 3 aliphatic rings. The van der Waals surface area contributed by atoms with Gasteiger partial charge >= 0.3 is 0 Å². The molecule has 2 fully saturated rings. The van der Waals surface area contributed by atoms with Crippen LogP contribution >= 0.6 is 0 Å². The molecule has 0 unspecified atom stereocenters. The minimum absolute atomic E-state index is 0.00962. The molecule has 1 spiro atoms. The maximum absolute atomic E-state index is 12.5. The molecule has 1 saturated heterocycles. The molecule has 4 rings (SSSR count).